The number of hydrogen-bond acceptors (Lipinski definition) is 3. The van der Waals surface area contributed by atoms with Crippen molar-refractivity contribution in [3.8, 4) is 0 Å². The maximum absolute atomic E-state index is 11.4. The van der Waals surface area contributed by atoms with Crippen LogP contribution in [0.25, 0.3) is 0 Å². The SMILES string of the molecule is CCC1CCCN(c2cc(=O)[nH]c(C)n2)C1. The molecule has 0 radical (unpaired) electrons. The first-order valence-electron chi connectivity index (χ1n) is 6.02. The van der Waals surface area contributed by atoms with Crippen LogP contribution in [0.2, 0.25) is 0 Å². The van der Waals surface area contributed by atoms with E-state index in [1.807, 2.05) is 6.92 Å². The highest BCUT2D eigenvalue weighted by molar-refractivity contribution is 5.37. The summed E-state index contributed by atoms with van der Waals surface area (Å²) in [4.78, 5) is 20.7. The van der Waals surface area contributed by atoms with Gasteiger partial charge in [-0.05, 0) is 25.7 Å². The number of piperidine rings is 1. The summed E-state index contributed by atoms with van der Waals surface area (Å²) in [5.41, 5.74) is -0.0545. The van der Waals surface area contributed by atoms with Gasteiger partial charge < -0.3 is 9.88 Å². The summed E-state index contributed by atoms with van der Waals surface area (Å²) >= 11 is 0. The van der Waals surface area contributed by atoms with E-state index in [9.17, 15) is 4.79 Å². The van der Waals surface area contributed by atoms with Gasteiger partial charge in [-0.2, -0.15) is 0 Å². The molecule has 1 atom stereocenters. The van der Waals surface area contributed by atoms with E-state index < -0.39 is 0 Å². The van der Waals surface area contributed by atoms with E-state index in [0.29, 0.717) is 5.82 Å². The van der Waals surface area contributed by atoms with Gasteiger partial charge in [-0.3, -0.25) is 4.79 Å². The van der Waals surface area contributed by atoms with Gasteiger partial charge in [0.2, 0.25) is 0 Å². The molecule has 1 aliphatic heterocycles. The molecular weight excluding hydrogens is 202 g/mol. The fraction of sp³-hybridized carbons (Fsp3) is 0.667. The fourth-order valence-electron chi connectivity index (χ4n) is 2.33. The molecule has 1 aliphatic rings. The molecule has 1 aromatic heterocycles. The molecule has 4 heteroatoms. The number of H-pyrrole nitrogens is 1. The van der Waals surface area contributed by atoms with E-state index in [-0.39, 0.29) is 5.56 Å². The second kappa shape index (κ2) is 4.68. The molecule has 0 amide bonds. The molecule has 1 fully saturated rings. The lowest BCUT2D eigenvalue weighted by Gasteiger charge is -2.33. The number of hydrogen-bond donors (Lipinski definition) is 1. The fourth-order valence-corrected chi connectivity index (χ4v) is 2.33. The number of anilines is 1. The molecule has 1 unspecified atom stereocenters. The Hall–Kier alpha value is -1.32. The number of aryl methyl sites for hydroxylation is 1. The summed E-state index contributed by atoms with van der Waals surface area (Å²) in [6.07, 6.45) is 3.71. The van der Waals surface area contributed by atoms with Gasteiger partial charge in [-0.1, -0.05) is 13.3 Å². The van der Waals surface area contributed by atoms with Gasteiger partial charge in [0, 0.05) is 19.2 Å². The zero-order chi connectivity index (χ0) is 11.5. The van der Waals surface area contributed by atoms with Crippen LogP contribution in [0.15, 0.2) is 10.9 Å². The van der Waals surface area contributed by atoms with Crippen LogP contribution in [0, 0.1) is 12.8 Å². The minimum Gasteiger partial charge on any atom is -0.356 e. The monoisotopic (exact) mass is 221 g/mol. The predicted octanol–water partition coefficient (Wildman–Crippen LogP) is 1.70. The van der Waals surface area contributed by atoms with Crippen molar-refractivity contribution >= 4 is 5.82 Å². The molecule has 0 aromatic carbocycles. The first kappa shape index (κ1) is 11.2. The number of nitrogens with zero attached hydrogens (tertiary/aromatic N) is 2. The molecule has 0 spiro atoms. The summed E-state index contributed by atoms with van der Waals surface area (Å²) in [7, 11) is 0. The first-order valence-corrected chi connectivity index (χ1v) is 6.02. The molecular formula is C12H19N3O. The van der Waals surface area contributed by atoms with Gasteiger partial charge >= 0.3 is 0 Å². The topological polar surface area (TPSA) is 49.0 Å². The molecule has 1 saturated heterocycles. The minimum atomic E-state index is -0.0545. The standard InChI is InChI=1S/C12H19N3O/c1-3-10-5-4-6-15(8-10)11-7-12(16)14-9(2)13-11/h7,10H,3-6,8H2,1-2H3,(H,13,14,16). The van der Waals surface area contributed by atoms with Crippen molar-refractivity contribution in [2.75, 3.05) is 18.0 Å². The Bertz CT molecular complexity index is 413. The highest BCUT2D eigenvalue weighted by Crippen LogP contribution is 2.22. The predicted molar refractivity (Wildman–Crippen MR) is 64.8 cm³/mol. The van der Waals surface area contributed by atoms with Crippen molar-refractivity contribution in [1.29, 1.82) is 0 Å². The Kier molecular flexibility index (Phi) is 3.27. The summed E-state index contributed by atoms with van der Waals surface area (Å²) in [5, 5.41) is 0. The quantitative estimate of drug-likeness (QED) is 0.827. The van der Waals surface area contributed by atoms with Gasteiger partial charge in [-0.15, -0.1) is 0 Å². The van der Waals surface area contributed by atoms with Gasteiger partial charge in [-0.25, -0.2) is 4.98 Å². The van der Waals surface area contributed by atoms with Gasteiger partial charge in [0.05, 0.1) is 0 Å². The maximum Gasteiger partial charge on any atom is 0.252 e. The third-order valence-electron chi connectivity index (χ3n) is 3.27. The third kappa shape index (κ3) is 2.43. The molecule has 0 saturated carbocycles. The molecule has 0 aliphatic carbocycles. The van der Waals surface area contributed by atoms with Crippen LogP contribution in [-0.2, 0) is 0 Å². The van der Waals surface area contributed by atoms with Crippen LogP contribution in [0.4, 0.5) is 5.82 Å². The summed E-state index contributed by atoms with van der Waals surface area (Å²) in [6.45, 7) is 6.11. The molecule has 88 valence electrons. The molecule has 16 heavy (non-hydrogen) atoms. The van der Waals surface area contributed by atoms with Gasteiger partial charge in [0.25, 0.3) is 5.56 Å². The number of aromatic nitrogens is 2. The highest BCUT2D eigenvalue weighted by atomic mass is 16.1. The average Bonchev–Trinajstić information content (AvgIpc) is 2.28. The lowest BCUT2D eigenvalue weighted by atomic mass is 9.96. The lowest BCUT2D eigenvalue weighted by Crippen LogP contribution is -2.36. The van der Waals surface area contributed by atoms with E-state index in [2.05, 4.69) is 21.8 Å². The Morgan fingerprint density at radius 1 is 1.62 bits per heavy atom. The Balaban J connectivity index is 2.19. The van der Waals surface area contributed by atoms with E-state index in [1.165, 1.54) is 19.3 Å². The zero-order valence-electron chi connectivity index (χ0n) is 9.99. The summed E-state index contributed by atoms with van der Waals surface area (Å²) in [5.74, 6) is 2.27. The van der Waals surface area contributed by atoms with Crippen molar-refractivity contribution in [2.24, 2.45) is 5.92 Å². The second-order valence-corrected chi connectivity index (χ2v) is 4.55. The second-order valence-electron chi connectivity index (χ2n) is 4.55. The van der Waals surface area contributed by atoms with E-state index in [0.717, 1.165) is 24.8 Å². The number of nitrogens with one attached hydrogen (secondary N) is 1. The van der Waals surface area contributed by atoms with Crippen LogP contribution in [0.1, 0.15) is 32.0 Å². The van der Waals surface area contributed by atoms with Gasteiger partial charge in [0.15, 0.2) is 0 Å². The summed E-state index contributed by atoms with van der Waals surface area (Å²) in [6, 6.07) is 1.60. The van der Waals surface area contributed by atoms with Crippen LogP contribution >= 0.6 is 0 Å². The van der Waals surface area contributed by atoms with E-state index in [1.54, 1.807) is 6.07 Å². The first-order chi connectivity index (χ1) is 7.69. The maximum atomic E-state index is 11.4. The Labute approximate surface area is 95.7 Å². The molecule has 1 aromatic rings. The van der Waals surface area contributed by atoms with Crippen molar-refractivity contribution in [2.45, 2.75) is 33.1 Å². The van der Waals surface area contributed by atoms with Crippen LogP contribution in [0.3, 0.4) is 0 Å². The molecule has 2 rings (SSSR count). The van der Waals surface area contributed by atoms with E-state index in [4.69, 9.17) is 0 Å². The van der Waals surface area contributed by atoms with Crippen LogP contribution in [-0.4, -0.2) is 23.1 Å². The number of aromatic amines is 1. The van der Waals surface area contributed by atoms with Crippen LogP contribution in [0.5, 0.6) is 0 Å². The molecule has 1 N–H and O–H groups in total. The largest absolute Gasteiger partial charge is 0.356 e. The van der Waals surface area contributed by atoms with Crippen molar-refractivity contribution < 1.29 is 0 Å². The normalized spacial score (nSPS) is 21.1. The smallest absolute Gasteiger partial charge is 0.252 e. The average molecular weight is 221 g/mol. The van der Waals surface area contributed by atoms with Crippen LogP contribution < -0.4 is 10.5 Å². The Morgan fingerprint density at radius 3 is 3.12 bits per heavy atom. The molecule has 0 bridgehead atoms. The summed E-state index contributed by atoms with van der Waals surface area (Å²) < 4.78 is 0. The van der Waals surface area contributed by atoms with Gasteiger partial charge in [0.1, 0.15) is 11.6 Å². The lowest BCUT2D eigenvalue weighted by molar-refractivity contribution is 0.402. The van der Waals surface area contributed by atoms with Crippen molar-refractivity contribution in [3.63, 3.8) is 0 Å². The number of rotatable bonds is 2. The van der Waals surface area contributed by atoms with Crippen molar-refractivity contribution in [1.82, 2.24) is 9.97 Å². The Morgan fingerprint density at radius 2 is 2.44 bits per heavy atom. The molecule has 4 nitrogen and oxygen atoms in total. The minimum absolute atomic E-state index is 0.0545. The highest BCUT2D eigenvalue weighted by Gasteiger charge is 2.19. The molecule has 2 heterocycles. The van der Waals surface area contributed by atoms with Crippen molar-refractivity contribution in [3.05, 3.63) is 22.2 Å². The zero-order valence-corrected chi connectivity index (χ0v) is 9.99. The third-order valence-corrected chi connectivity index (χ3v) is 3.27. The van der Waals surface area contributed by atoms with E-state index >= 15 is 0 Å².